The van der Waals surface area contributed by atoms with Gasteiger partial charge in [-0.3, -0.25) is 0 Å². The Labute approximate surface area is 71.0 Å². The van der Waals surface area contributed by atoms with E-state index >= 15 is 0 Å². The zero-order chi connectivity index (χ0) is 8.36. The summed E-state index contributed by atoms with van der Waals surface area (Å²) in [6.07, 6.45) is 14.7. The lowest BCUT2D eigenvalue weighted by atomic mass is 10.1. The van der Waals surface area contributed by atoms with Gasteiger partial charge in [0.25, 0.3) is 0 Å². The summed E-state index contributed by atoms with van der Waals surface area (Å²) >= 11 is 0. The Morgan fingerprint density at radius 1 is 1.09 bits per heavy atom. The first kappa shape index (κ1) is 10.5. The molecule has 0 heteroatoms. The van der Waals surface area contributed by atoms with Gasteiger partial charge < -0.3 is 0 Å². The molecule has 0 heterocycles. The molecule has 0 unspecified atom stereocenters. The predicted molar refractivity (Wildman–Crippen MR) is 52.4 cm³/mol. The Morgan fingerprint density at radius 3 is 2.55 bits per heavy atom. The minimum Gasteiger partial charge on any atom is -0.0877 e. The molecule has 0 aromatic rings. The minimum absolute atomic E-state index is 1.08. The zero-order valence-electron chi connectivity index (χ0n) is 7.55. The van der Waals surface area contributed by atoms with E-state index in [4.69, 9.17) is 0 Å². The Kier molecular flexibility index (Phi) is 9.03. The fourth-order valence-electron chi connectivity index (χ4n) is 0.902. The predicted octanol–water partition coefficient (Wildman–Crippen LogP) is 3.90. The van der Waals surface area contributed by atoms with Gasteiger partial charge in [0.15, 0.2) is 0 Å². The third kappa shape index (κ3) is 9.48. The Hall–Kier alpha value is -0.520. The standard InChI is InChI=1S/C11H19/c1-3-5-7-9-11-10-8-6-4-2/h4,6,8,10H,1,3,5,7,9,11H2,2H3/b6-4+,10-8+. The average molecular weight is 151 g/mol. The van der Waals surface area contributed by atoms with Crippen LogP contribution in [-0.2, 0) is 0 Å². The smallest absolute Gasteiger partial charge is 0.0348 e. The molecule has 0 N–H and O–H groups in total. The molecule has 0 aliphatic carbocycles. The van der Waals surface area contributed by atoms with Crippen LogP contribution in [0.3, 0.4) is 0 Å². The van der Waals surface area contributed by atoms with Crippen LogP contribution >= 0.6 is 0 Å². The summed E-state index contributed by atoms with van der Waals surface area (Å²) in [6, 6.07) is 0. The lowest BCUT2D eigenvalue weighted by Gasteiger charge is -1.92. The molecular weight excluding hydrogens is 132 g/mol. The molecule has 0 nitrogen and oxygen atoms in total. The van der Waals surface area contributed by atoms with Gasteiger partial charge in [-0.15, -0.1) is 0 Å². The van der Waals surface area contributed by atoms with Gasteiger partial charge in [-0.05, 0) is 19.8 Å². The van der Waals surface area contributed by atoms with E-state index in [-0.39, 0.29) is 0 Å². The molecule has 0 bridgehead atoms. The summed E-state index contributed by atoms with van der Waals surface area (Å²) in [5.74, 6) is 0. The minimum atomic E-state index is 1.08. The van der Waals surface area contributed by atoms with Crippen LogP contribution in [-0.4, -0.2) is 0 Å². The van der Waals surface area contributed by atoms with Crippen LogP contribution in [0.15, 0.2) is 24.3 Å². The van der Waals surface area contributed by atoms with Crippen molar-refractivity contribution in [1.82, 2.24) is 0 Å². The normalized spacial score (nSPS) is 11.8. The van der Waals surface area contributed by atoms with Crippen molar-refractivity contribution < 1.29 is 0 Å². The number of rotatable bonds is 6. The van der Waals surface area contributed by atoms with Gasteiger partial charge in [0.05, 0.1) is 0 Å². The highest BCUT2D eigenvalue weighted by molar-refractivity contribution is 5.00. The summed E-state index contributed by atoms with van der Waals surface area (Å²) in [4.78, 5) is 0. The van der Waals surface area contributed by atoms with E-state index in [0.717, 1.165) is 6.42 Å². The topological polar surface area (TPSA) is 0 Å². The summed E-state index contributed by atoms with van der Waals surface area (Å²) in [5, 5.41) is 0. The Balaban J connectivity index is 3.01. The van der Waals surface area contributed by atoms with E-state index in [2.05, 4.69) is 25.2 Å². The largest absolute Gasteiger partial charge is 0.0877 e. The number of hydrogen-bond acceptors (Lipinski definition) is 0. The van der Waals surface area contributed by atoms with Crippen LogP contribution in [0.2, 0.25) is 0 Å². The second-order valence-electron chi connectivity index (χ2n) is 2.66. The van der Waals surface area contributed by atoms with Gasteiger partial charge in [-0.2, -0.15) is 0 Å². The van der Waals surface area contributed by atoms with Crippen molar-refractivity contribution in [3.05, 3.63) is 31.2 Å². The first-order chi connectivity index (χ1) is 5.41. The van der Waals surface area contributed by atoms with E-state index in [9.17, 15) is 0 Å². The van der Waals surface area contributed by atoms with Gasteiger partial charge in [-0.25, -0.2) is 0 Å². The summed E-state index contributed by atoms with van der Waals surface area (Å²) in [5.41, 5.74) is 0. The van der Waals surface area contributed by atoms with Gasteiger partial charge in [0, 0.05) is 0 Å². The molecule has 0 atom stereocenters. The lowest BCUT2D eigenvalue weighted by Crippen LogP contribution is -1.73. The van der Waals surface area contributed by atoms with Crippen LogP contribution < -0.4 is 0 Å². The van der Waals surface area contributed by atoms with Gasteiger partial charge in [-0.1, -0.05) is 50.5 Å². The van der Waals surface area contributed by atoms with Crippen LogP contribution in [0.25, 0.3) is 0 Å². The molecule has 0 aliphatic heterocycles. The Morgan fingerprint density at radius 2 is 1.91 bits per heavy atom. The molecule has 0 aromatic heterocycles. The zero-order valence-corrected chi connectivity index (χ0v) is 7.55. The molecule has 0 spiro atoms. The summed E-state index contributed by atoms with van der Waals surface area (Å²) in [7, 11) is 0. The molecular formula is C11H19. The van der Waals surface area contributed by atoms with Crippen molar-refractivity contribution in [2.45, 2.75) is 39.0 Å². The molecule has 0 saturated carbocycles. The van der Waals surface area contributed by atoms with Gasteiger partial charge >= 0.3 is 0 Å². The second-order valence-corrected chi connectivity index (χ2v) is 2.66. The molecule has 0 aliphatic rings. The molecule has 63 valence electrons. The summed E-state index contributed by atoms with van der Waals surface area (Å²) < 4.78 is 0. The van der Waals surface area contributed by atoms with E-state index in [1.165, 1.54) is 25.7 Å². The van der Waals surface area contributed by atoms with Crippen molar-refractivity contribution >= 4 is 0 Å². The fourth-order valence-corrected chi connectivity index (χ4v) is 0.902. The van der Waals surface area contributed by atoms with E-state index in [1.807, 2.05) is 13.0 Å². The maximum Gasteiger partial charge on any atom is -0.0348 e. The molecule has 0 fully saturated rings. The highest BCUT2D eigenvalue weighted by Crippen LogP contribution is 2.02. The van der Waals surface area contributed by atoms with E-state index in [0.29, 0.717) is 0 Å². The van der Waals surface area contributed by atoms with Crippen molar-refractivity contribution in [2.75, 3.05) is 0 Å². The monoisotopic (exact) mass is 151 g/mol. The molecule has 1 radical (unpaired) electrons. The SMILES string of the molecule is [CH2]CCCCC/C=C/C=C/C. The highest BCUT2D eigenvalue weighted by atomic mass is 13.9. The molecule has 0 rings (SSSR count). The lowest BCUT2D eigenvalue weighted by molar-refractivity contribution is 0.695. The first-order valence-corrected chi connectivity index (χ1v) is 4.49. The third-order valence-electron chi connectivity index (χ3n) is 1.56. The van der Waals surface area contributed by atoms with Crippen LogP contribution in [0.5, 0.6) is 0 Å². The summed E-state index contributed by atoms with van der Waals surface area (Å²) in [6.45, 7) is 5.84. The van der Waals surface area contributed by atoms with Crippen LogP contribution in [0.1, 0.15) is 39.0 Å². The highest BCUT2D eigenvalue weighted by Gasteiger charge is 1.82. The first-order valence-electron chi connectivity index (χ1n) is 4.49. The molecule has 11 heavy (non-hydrogen) atoms. The van der Waals surface area contributed by atoms with Crippen molar-refractivity contribution in [2.24, 2.45) is 0 Å². The van der Waals surface area contributed by atoms with Gasteiger partial charge in [0.1, 0.15) is 0 Å². The van der Waals surface area contributed by atoms with Crippen LogP contribution in [0, 0.1) is 6.92 Å². The number of hydrogen-bond donors (Lipinski definition) is 0. The number of allylic oxidation sites excluding steroid dienone is 4. The Bertz CT molecular complexity index is 109. The van der Waals surface area contributed by atoms with Crippen molar-refractivity contribution in [1.29, 1.82) is 0 Å². The molecule has 0 amide bonds. The molecule has 0 saturated heterocycles. The maximum absolute atomic E-state index is 3.80. The van der Waals surface area contributed by atoms with Gasteiger partial charge in [0.2, 0.25) is 0 Å². The molecule has 0 aromatic carbocycles. The van der Waals surface area contributed by atoms with Crippen LogP contribution in [0.4, 0.5) is 0 Å². The number of unbranched alkanes of at least 4 members (excludes halogenated alkanes) is 4. The third-order valence-corrected chi connectivity index (χ3v) is 1.56. The van der Waals surface area contributed by atoms with Crippen molar-refractivity contribution in [3.8, 4) is 0 Å². The fraction of sp³-hybridized carbons (Fsp3) is 0.545. The van der Waals surface area contributed by atoms with E-state index in [1.54, 1.807) is 0 Å². The maximum atomic E-state index is 3.80. The average Bonchev–Trinajstić information content (AvgIpc) is 2.03. The second kappa shape index (κ2) is 9.48. The van der Waals surface area contributed by atoms with E-state index < -0.39 is 0 Å². The quantitative estimate of drug-likeness (QED) is 0.399. The van der Waals surface area contributed by atoms with Crippen molar-refractivity contribution in [3.63, 3.8) is 0 Å².